The van der Waals surface area contributed by atoms with Crippen molar-refractivity contribution < 1.29 is 4.74 Å². The summed E-state index contributed by atoms with van der Waals surface area (Å²) < 4.78 is 5.26. The molecule has 2 rings (SSSR count). The van der Waals surface area contributed by atoms with E-state index in [0.29, 0.717) is 0 Å². The molecule has 0 saturated carbocycles. The molecule has 0 atom stereocenters. The molecule has 1 N–H and O–H groups in total. The van der Waals surface area contributed by atoms with Crippen LogP contribution in [0.15, 0.2) is 34.4 Å². The van der Waals surface area contributed by atoms with Gasteiger partial charge >= 0.3 is 0 Å². The Morgan fingerprint density at radius 1 is 1.28 bits per heavy atom. The van der Waals surface area contributed by atoms with Crippen molar-refractivity contribution >= 4 is 12.1 Å². The van der Waals surface area contributed by atoms with E-state index in [-0.39, 0.29) is 0 Å². The molecule has 1 aliphatic heterocycles. The van der Waals surface area contributed by atoms with Gasteiger partial charge in [-0.15, -0.1) is 0 Å². The Labute approximate surface area is 108 Å². The van der Waals surface area contributed by atoms with E-state index in [1.807, 2.05) is 24.3 Å². The molecule has 4 nitrogen and oxygen atoms in total. The first-order valence-electron chi connectivity index (χ1n) is 6.35. The number of rotatable bonds is 3. The molecule has 1 aromatic rings. The number of benzene rings is 1. The Kier molecular flexibility index (Phi) is 4.76. The third-order valence-electron chi connectivity index (χ3n) is 2.91. The summed E-state index contributed by atoms with van der Waals surface area (Å²) in [5.41, 5.74) is 3.99. The average molecular weight is 245 g/mol. The Hall–Kier alpha value is -1.84. The smallest absolute Gasteiger partial charge is 0.127 e. The lowest BCUT2D eigenvalue weighted by Crippen LogP contribution is -2.17. The highest BCUT2D eigenvalue weighted by Crippen LogP contribution is 2.14. The lowest BCUT2D eigenvalue weighted by Gasteiger charge is -2.04. The topological polar surface area (TPSA) is 46.0 Å². The lowest BCUT2D eigenvalue weighted by molar-refractivity contribution is 0.414. The number of ether oxygens (including phenoxy) is 1. The van der Waals surface area contributed by atoms with Crippen LogP contribution in [0.5, 0.6) is 5.75 Å². The first kappa shape index (κ1) is 12.6. The molecular formula is C14H19N3O. The van der Waals surface area contributed by atoms with Crippen LogP contribution in [0.4, 0.5) is 0 Å². The molecule has 0 saturated heterocycles. The van der Waals surface area contributed by atoms with Crippen LogP contribution in [-0.4, -0.2) is 25.7 Å². The molecule has 96 valence electrons. The molecule has 0 spiro atoms. The first-order valence-corrected chi connectivity index (χ1v) is 6.35. The molecule has 0 unspecified atom stereocenters. The number of amidine groups is 1. The van der Waals surface area contributed by atoms with Crippen LogP contribution in [0.2, 0.25) is 0 Å². The van der Waals surface area contributed by atoms with Crippen molar-refractivity contribution in [2.45, 2.75) is 25.7 Å². The van der Waals surface area contributed by atoms with Gasteiger partial charge in [0.05, 0.1) is 13.3 Å². The van der Waals surface area contributed by atoms with Gasteiger partial charge in [-0.1, -0.05) is 18.6 Å². The van der Waals surface area contributed by atoms with Crippen LogP contribution in [0.25, 0.3) is 0 Å². The molecule has 1 aromatic carbocycles. The zero-order chi connectivity index (χ0) is 12.6. The SMILES string of the molecule is COc1ccccc1/C=N/NC1=NCCCCC1. The predicted molar refractivity (Wildman–Crippen MR) is 74.5 cm³/mol. The van der Waals surface area contributed by atoms with Crippen molar-refractivity contribution in [3.05, 3.63) is 29.8 Å². The van der Waals surface area contributed by atoms with Crippen molar-refractivity contribution in [1.29, 1.82) is 0 Å². The number of hydrogen-bond donors (Lipinski definition) is 1. The summed E-state index contributed by atoms with van der Waals surface area (Å²) >= 11 is 0. The minimum Gasteiger partial charge on any atom is -0.496 e. The van der Waals surface area contributed by atoms with Crippen LogP contribution in [0, 0.1) is 0 Å². The Morgan fingerprint density at radius 2 is 2.17 bits per heavy atom. The second-order valence-electron chi connectivity index (χ2n) is 4.25. The molecule has 1 aliphatic rings. The molecule has 4 heteroatoms. The number of para-hydroxylation sites is 1. The van der Waals surface area contributed by atoms with Gasteiger partial charge in [0.25, 0.3) is 0 Å². The van der Waals surface area contributed by atoms with E-state index in [9.17, 15) is 0 Å². The Morgan fingerprint density at radius 3 is 3.06 bits per heavy atom. The first-order chi connectivity index (χ1) is 8.90. The quantitative estimate of drug-likeness (QED) is 0.657. The maximum Gasteiger partial charge on any atom is 0.127 e. The molecular weight excluding hydrogens is 226 g/mol. The lowest BCUT2D eigenvalue weighted by atomic mass is 10.2. The standard InChI is InChI=1S/C14H19N3O/c1-18-13-8-5-4-7-12(13)11-16-17-14-9-3-2-6-10-15-14/h4-5,7-8,11H,2-3,6,9-10H2,1H3,(H,15,17)/b16-11+. The second-order valence-corrected chi connectivity index (χ2v) is 4.25. The normalized spacial score (nSPS) is 16.2. The number of aliphatic imine (C=N–C) groups is 1. The van der Waals surface area contributed by atoms with Crippen LogP contribution in [0.3, 0.4) is 0 Å². The van der Waals surface area contributed by atoms with Gasteiger partial charge in [-0.3, -0.25) is 10.4 Å². The highest BCUT2D eigenvalue weighted by molar-refractivity contribution is 5.86. The molecule has 0 fully saturated rings. The van der Waals surface area contributed by atoms with Gasteiger partial charge in [0.1, 0.15) is 11.6 Å². The van der Waals surface area contributed by atoms with E-state index < -0.39 is 0 Å². The summed E-state index contributed by atoms with van der Waals surface area (Å²) in [6.07, 6.45) is 6.39. The van der Waals surface area contributed by atoms with E-state index in [2.05, 4.69) is 15.5 Å². The summed E-state index contributed by atoms with van der Waals surface area (Å²) in [7, 11) is 1.66. The molecule has 0 aliphatic carbocycles. The zero-order valence-electron chi connectivity index (χ0n) is 10.7. The van der Waals surface area contributed by atoms with Crippen molar-refractivity contribution in [3.63, 3.8) is 0 Å². The number of methoxy groups -OCH3 is 1. The number of nitrogens with one attached hydrogen (secondary N) is 1. The van der Waals surface area contributed by atoms with Crippen LogP contribution < -0.4 is 10.2 Å². The van der Waals surface area contributed by atoms with Crippen LogP contribution in [-0.2, 0) is 0 Å². The summed E-state index contributed by atoms with van der Waals surface area (Å²) in [6, 6.07) is 7.80. The number of nitrogens with zero attached hydrogens (tertiary/aromatic N) is 2. The van der Waals surface area contributed by atoms with Crippen LogP contribution in [0.1, 0.15) is 31.2 Å². The molecule has 0 radical (unpaired) electrons. The highest BCUT2D eigenvalue weighted by Gasteiger charge is 2.02. The maximum atomic E-state index is 5.26. The minimum atomic E-state index is 0.825. The predicted octanol–water partition coefficient (Wildman–Crippen LogP) is 2.59. The third kappa shape index (κ3) is 3.58. The van der Waals surface area contributed by atoms with Gasteiger partial charge in [0, 0.05) is 18.5 Å². The van der Waals surface area contributed by atoms with Gasteiger partial charge in [-0.05, 0) is 25.0 Å². The Bertz CT molecular complexity index is 440. The maximum absolute atomic E-state index is 5.26. The molecule has 0 amide bonds. The van der Waals surface area contributed by atoms with E-state index in [4.69, 9.17) is 4.74 Å². The fraction of sp³-hybridized carbons (Fsp3) is 0.429. The fourth-order valence-electron chi connectivity index (χ4n) is 1.91. The number of hydrazone groups is 1. The van der Waals surface area contributed by atoms with E-state index in [1.54, 1.807) is 13.3 Å². The molecule has 18 heavy (non-hydrogen) atoms. The van der Waals surface area contributed by atoms with Gasteiger partial charge in [-0.25, -0.2) is 0 Å². The third-order valence-corrected chi connectivity index (χ3v) is 2.91. The van der Waals surface area contributed by atoms with Crippen molar-refractivity contribution in [2.24, 2.45) is 10.1 Å². The van der Waals surface area contributed by atoms with Gasteiger partial charge < -0.3 is 4.74 Å². The molecule has 0 bridgehead atoms. The fourth-order valence-corrected chi connectivity index (χ4v) is 1.91. The van der Waals surface area contributed by atoms with Crippen molar-refractivity contribution in [1.82, 2.24) is 5.43 Å². The van der Waals surface area contributed by atoms with E-state index in [1.165, 1.54) is 19.3 Å². The largest absolute Gasteiger partial charge is 0.496 e. The van der Waals surface area contributed by atoms with E-state index >= 15 is 0 Å². The van der Waals surface area contributed by atoms with Gasteiger partial charge in [0.2, 0.25) is 0 Å². The van der Waals surface area contributed by atoms with E-state index in [0.717, 1.165) is 30.1 Å². The Balaban J connectivity index is 1.96. The molecule has 0 aromatic heterocycles. The minimum absolute atomic E-state index is 0.825. The summed E-state index contributed by atoms with van der Waals surface area (Å²) in [6.45, 7) is 0.909. The zero-order valence-corrected chi connectivity index (χ0v) is 10.7. The van der Waals surface area contributed by atoms with Crippen molar-refractivity contribution in [3.8, 4) is 5.75 Å². The second kappa shape index (κ2) is 6.79. The summed E-state index contributed by atoms with van der Waals surface area (Å²) in [4.78, 5) is 4.46. The number of hydrogen-bond acceptors (Lipinski definition) is 4. The average Bonchev–Trinajstić information content (AvgIpc) is 2.68. The highest BCUT2D eigenvalue weighted by atomic mass is 16.5. The summed E-state index contributed by atoms with van der Waals surface area (Å²) in [5, 5.41) is 4.23. The summed E-state index contributed by atoms with van der Waals surface area (Å²) in [5.74, 6) is 1.81. The van der Waals surface area contributed by atoms with Gasteiger partial charge in [0.15, 0.2) is 0 Å². The van der Waals surface area contributed by atoms with Crippen molar-refractivity contribution in [2.75, 3.05) is 13.7 Å². The van der Waals surface area contributed by atoms with Crippen LogP contribution >= 0.6 is 0 Å². The molecule has 1 heterocycles. The van der Waals surface area contributed by atoms with Gasteiger partial charge in [-0.2, -0.15) is 5.10 Å². The monoisotopic (exact) mass is 245 g/mol.